The molecule has 0 aromatic rings. The first-order valence-corrected chi connectivity index (χ1v) is 4.11. The van der Waals surface area contributed by atoms with Crippen LogP contribution in [-0.4, -0.2) is 11.4 Å². The molecule has 1 atom stereocenters. The van der Waals surface area contributed by atoms with E-state index < -0.39 is 0 Å². The van der Waals surface area contributed by atoms with Gasteiger partial charge in [0.2, 0.25) is 0 Å². The molecule has 0 radical (unpaired) electrons. The van der Waals surface area contributed by atoms with Gasteiger partial charge in [0, 0.05) is 6.21 Å². The Labute approximate surface area is 69.3 Å². The van der Waals surface area contributed by atoms with Crippen LogP contribution in [0.5, 0.6) is 0 Å². The van der Waals surface area contributed by atoms with Crippen molar-refractivity contribution in [3.05, 3.63) is 0 Å². The van der Waals surface area contributed by atoms with Gasteiger partial charge in [0.1, 0.15) is 0 Å². The first-order chi connectivity index (χ1) is 4.95. The van der Waals surface area contributed by atoms with Gasteiger partial charge in [-0.25, -0.2) is 0 Å². The largest absolute Gasteiger partial charge is 0.411 e. The van der Waals surface area contributed by atoms with Crippen LogP contribution < -0.4 is 0 Å². The minimum atomic E-state index is 0.378. The normalized spacial score (nSPS) is 15.6. The van der Waals surface area contributed by atoms with E-state index in [1.807, 2.05) is 0 Å². The summed E-state index contributed by atoms with van der Waals surface area (Å²) < 4.78 is 0. The molecule has 0 aliphatic carbocycles. The predicted molar refractivity (Wildman–Crippen MR) is 48.1 cm³/mol. The quantitative estimate of drug-likeness (QED) is 0.381. The van der Waals surface area contributed by atoms with Crippen molar-refractivity contribution < 1.29 is 5.21 Å². The average Bonchev–Trinajstić information content (AvgIpc) is 1.79. The molecule has 0 aliphatic heterocycles. The molecule has 0 heterocycles. The van der Waals surface area contributed by atoms with E-state index in [1.165, 1.54) is 6.42 Å². The zero-order chi connectivity index (χ0) is 8.91. The minimum Gasteiger partial charge on any atom is -0.411 e. The summed E-state index contributed by atoms with van der Waals surface area (Å²) in [7, 11) is 0. The van der Waals surface area contributed by atoms with Crippen molar-refractivity contribution >= 4 is 6.21 Å². The lowest BCUT2D eigenvalue weighted by Gasteiger charge is -2.21. The summed E-state index contributed by atoms with van der Waals surface area (Å²) in [6, 6.07) is 0. The van der Waals surface area contributed by atoms with Crippen LogP contribution >= 0.6 is 0 Å². The average molecular weight is 157 g/mol. The molecule has 0 unspecified atom stereocenters. The summed E-state index contributed by atoms with van der Waals surface area (Å²) in [5.41, 5.74) is 0.378. The molecule has 0 saturated heterocycles. The zero-order valence-corrected chi connectivity index (χ0v) is 7.96. The van der Waals surface area contributed by atoms with Gasteiger partial charge >= 0.3 is 0 Å². The van der Waals surface area contributed by atoms with Crippen molar-refractivity contribution in [1.29, 1.82) is 0 Å². The fraction of sp³-hybridized carbons (Fsp3) is 0.889. The van der Waals surface area contributed by atoms with Gasteiger partial charge < -0.3 is 5.21 Å². The van der Waals surface area contributed by atoms with Gasteiger partial charge in [-0.1, -0.05) is 27.7 Å². The Morgan fingerprint density at radius 1 is 1.45 bits per heavy atom. The molecule has 0 aromatic heterocycles. The highest BCUT2D eigenvalue weighted by Crippen LogP contribution is 2.25. The van der Waals surface area contributed by atoms with Gasteiger partial charge in [-0.05, 0) is 24.2 Å². The molecule has 66 valence electrons. The first kappa shape index (κ1) is 10.5. The summed E-state index contributed by atoms with van der Waals surface area (Å²) in [4.78, 5) is 0. The van der Waals surface area contributed by atoms with E-state index >= 15 is 0 Å². The van der Waals surface area contributed by atoms with Crippen molar-refractivity contribution in [2.75, 3.05) is 0 Å². The highest BCUT2D eigenvalue weighted by Gasteiger charge is 2.13. The number of hydrogen-bond acceptors (Lipinski definition) is 2. The maximum Gasteiger partial charge on any atom is 0.0438 e. The predicted octanol–water partition coefficient (Wildman–Crippen LogP) is 2.91. The Bertz CT molecular complexity index is 124. The van der Waals surface area contributed by atoms with Crippen molar-refractivity contribution in [2.45, 2.75) is 40.5 Å². The van der Waals surface area contributed by atoms with Gasteiger partial charge in [-0.3, -0.25) is 0 Å². The molecule has 0 rings (SSSR count). The second-order valence-electron chi connectivity index (χ2n) is 4.40. The Balaban J connectivity index is 3.60. The summed E-state index contributed by atoms with van der Waals surface area (Å²) in [6.45, 7) is 8.84. The standard InChI is InChI=1S/C9H19NO/c1-8(5-6-10-11)7-9(2,3)4/h6,8,11H,5,7H2,1-4H3/b10-6-/t8-/m1/s1. The SMILES string of the molecule is C[C@H](C/C=N\O)CC(C)(C)C. The molecule has 0 fully saturated rings. The summed E-state index contributed by atoms with van der Waals surface area (Å²) >= 11 is 0. The summed E-state index contributed by atoms with van der Waals surface area (Å²) in [5.74, 6) is 0.603. The molecule has 0 amide bonds. The van der Waals surface area contributed by atoms with Gasteiger partial charge in [-0.2, -0.15) is 0 Å². The summed E-state index contributed by atoms with van der Waals surface area (Å²) in [5, 5.41) is 11.2. The molecular formula is C9H19NO. The Morgan fingerprint density at radius 3 is 2.36 bits per heavy atom. The maximum absolute atomic E-state index is 8.18. The van der Waals surface area contributed by atoms with Crippen LogP contribution in [0.1, 0.15) is 40.5 Å². The van der Waals surface area contributed by atoms with Gasteiger partial charge in [0.05, 0.1) is 0 Å². The first-order valence-electron chi connectivity index (χ1n) is 4.11. The monoisotopic (exact) mass is 157 g/mol. The number of rotatable bonds is 3. The maximum atomic E-state index is 8.18. The molecule has 0 saturated carbocycles. The van der Waals surface area contributed by atoms with Crippen LogP contribution in [0.2, 0.25) is 0 Å². The second kappa shape index (κ2) is 4.37. The molecule has 11 heavy (non-hydrogen) atoms. The van der Waals surface area contributed by atoms with E-state index in [0.29, 0.717) is 11.3 Å². The van der Waals surface area contributed by atoms with Crippen LogP contribution in [0.25, 0.3) is 0 Å². The van der Waals surface area contributed by atoms with Crippen LogP contribution in [0.3, 0.4) is 0 Å². The fourth-order valence-electron chi connectivity index (χ4n) is 1.36. The van der Waals surface area contributed by atoms with E-state index in [0.717, 1.165) is 6.42 Å². The third kappa shape index (κ3) is 7.37. The fourth-order valence-corrected chi connectivity index (χ4v) is 1.36. The van der Waals surface area contributed by atoms with Crippen molar-refractivity contribution in [2.24, 2.45) is 16.5 Å². The van der Waals surface area contributed by atoms with Crippen LogP contribution in [0.15, 0.2) is 5.16 Å². The lowest BCUT2D eigenvalue weighted by molar-refractivity contribution is 0.303. The number of nitrogens with zero attached hydrogens (tertiary/aromatic N) is 1. The molecular weight excluding hydrogens is 138 g/mol. The van der Waals surface area contributed by atoms with E-state index in [4.69, 9.17) is 5.21 Å². The topological polar surface area (TPSA) is 32.6 Å². The molecule has 0 aromatic carbocycles. The molecule has 0 spiro atoms. The number of oxime groups is 1. The highest BCUT2D eigenvalue weighted by atomic mass is 16.4. The Morgan fingerprint density at radius 2 is 2.00 bits per heavy atom. The highest BCUT2D eigenvalue weighted by molar-refractivity contribution is 5.56. The molecule has 2 heteroatoms. The zero-order valence-electron chi connectivity index (χ0n) is 7.96. The van der Waals surface area contributed by atoms with Crippen molar-refractivity contribution in [3.63, 3.8) is 0 Å². The van der Waals surface area contributed by atoms with E-state index in [9.17, 15) is 0 Å². The van der Waals surface area contributed by atoms with E-state index in [1.54, 1.807) is 6.21 Å². The molecule has 0 aliphatic rings. The Kier molecular flexibility index (Phi) is 4.16. The number of hydrogen-bond donors (Lipinski definition) is 1. The van der Waals surface area contributed by atoms with Gasteiger partial charge in [-0.15, -0.1) is 5.16 Å². The summed E-state index contributed by atoms with van der Waals surface area (Å²) in [6.07, 6.45) is 3.60. The minimum absolute atomic E-state index is 0.378. The third-order valence-electron chi connectivity index (χ3n) is 1.55. The second-order valence-corrected chi connectivity index (χ2v) is 4.40. The van der Waals surface area contributed by atoms with Crippen molar-refractivity contribution in [3.8, 4) is 0 Å². The van der Waals surface area contributed by atoms with Crippen molar-refractivity contribution in [1.82, 2.24) is 0 Å². The molecule has 2 nitrogen and oxygen atoms in total. The lowest BCUT2D eigenvalue weighted by Crippen LogP contribution is -2.11. The third-order valence-corrected chi connectivity index (χ3v) is 1.55. The van der Waals surface area contributed by atoms with Crippen LogP contribution in [-0.2, 0) is 0 Å². The van der Waals surface area contributed by atoms with Gasteiger partial charge in [0.25, 0.3) is 0 Å². The van der Waals surface area contributed by atoms with E-state index in [2.05, 4.69) is 32.9 Å². The van der Waals surface area contributed by atoms with E-state index in [-0.39, 0.29) is 0 Å². The lowest BCUT2D eigenvalue weighted by atomic mass is 9.84. The molecule has 0 bridgehead atoms. The molecule has 1 N–H and O–H groups in total. The van der Waals surface area contributed by atoms with Crippen LogP contribution in [0.4, 0.5) is 0 Å². The van der Waals surface area contributed by atoms with Crippen LogP contribution in [0, 0.1) is 11.3 Å². The Hall–Kier alpha value is -0.530. The van der Waals surface area contributed by atoms with Gasteiger partial charge in [0.15, 0.2) is 0 Å². The smallest absolute Gasteiger partial charge is 0.0438 e.